The quantitative estimate of drug-likeness (QED) is 0.727. The van der Waals surface area contributed by atoms with E-state index in [1.54, 1.807) is 0 Å². The van der Waals surface area contributed by atoms with Crippen LogP contribution in [-0.2, 0) is 10.3 Å². The minimum absolute atomic E-state index is 0.00414. The fourth-order valence-electron chi connectivity index (χ4n) is 3.29. The molecule has 1 amide bonds. The van der Waals surface area contributed by atoms with Crippen molar-refractivity contribution in [2.75, 3.05) is 0 Å². The van der Waals surface area contributed by atoms with Crippen LogP contribution in [0.4, 0.5) is 0 Å². The van der Waals surface area contributed by atoms with Crippen molar-refractivity contribution in [3.05, 3.63) is 35.9 Å². The smallest absolute Gasteiger partial charge is 0.210 e. The molecule has 1 aromatic carbocycles. The van der Waals surface area contributed by atoms with E-state index in [9.17, 15) is 4.79 Å². The maximum Gasteiger partial charge on any atom is 0.210 e. The van der Waals surface area contributed by atoms with Crippen molar-refractivity contribution in [1.29, 1.82) is 0 Å². The summed E-state index contributed by atoms with van der Waals surface area (Å²) in [4.78, 5) is 13.6. The number of benzene rings is 1. The molecule has 0 bridgehead atoms. The summed E-state index contributed by atoms with van der Waals surface area (Å²) in [6.07, 6.45) is 8.22. The zero-order valence-corrected chi connectivity index (χ0v) is 10.1. The molecule has 3 rings (SSSR count). The van der Waals surface area contributed by atoms with Crippen molar-refractivity contribution in [3.63, 3.8) is 0 Å². The van der Waals surface area contributed by atoms with Crippen LogP contribution >= 0.6 is 0 Å². The largest absolute Gasteiger partial charge is 0.333 e. The van der Waals surface area contributed by atoms with Crippen molar-refractivity contribution in [2.24, 2.45) is 0 Å². The van der Waals surface area contributed by atoms with Gasteiger partial charge in [-0.1, -0.05) is 43.2 Å². The fourth-order valence-corrected chi connectivity index (χ4v) is 3.29. The first kappa shape index (κ1) is 10.8. The van der Waals surface area contributed by atoms with Crippen LogP contribution in [0.1, 0.15) is 44.1 Å². The van der Waals surface area contributed by atoms with Crippen LogP contribution in [0, 0.1) is 0 Å². The Morgan fingerprint density at radius 3 is 2.29 bits per heavy atom. The Morgan fingerprint density at radius 2 is 1.76 bits per heavy atom. The number of rotatable bonds is 4. The molecule has 0 atom stereocenters. The van der Waals surface area contributed by atoms with Gasteiger partial charge >= 0.3 is 0 Å². The lowest BCUT2D eigenvalue weighted by atomic mass is 9.86. The minimum Gasteiger partial charge on any atom is -0.333 e. The van der Waals surface area contributed by atoms with Gasteiger partial charge in [0.25, 0.3) is 0 Å². The van der Waals surface area contributed by atoms with Gasteiger partial charge in [0.2, 0.25) is 6.41 Å². The van der Waals surface area contributed by atoms with Crippen LogP contribution in [0.5, 0.6) is 0 Å². The molecule has 0 saturated heterocycles. The highest BCUT2D eigenvalue weighted by molar-refractivity contribution is 5.52. The second kappa shape index (κ2) is 4.17. The standard InChI is InChI=1S/C15H19NO/c17-12-16(14-8-9-14)15(10-4-5-11-15)13-6-2-1-3-7-13/h1-3,6-7,12,14H,4-5,8-11H2. The predicted octanol–water partition coefficient (Wildman–Crippen LogP) is 3.08. The molecule has 0 heterocycles. The summed E-state index contributed by atoms with van der Waals surface area (Å²) in [5.74, 6) is 0. The average Bonchev–Trinajstić information content (AvgIpc) is 3.08. The first-order valence-corrected chi connectivity index (χ1v) is 6.66. The molecular formula is C15H19NO. The highest BCUT2D eigenvalue weighted by Crippen LogP contribution is 2.47. The van der Waals surface area contributed by atoms with Gasteiger partial charge < -0.3 is 4.90 Å². The van der Waals surface area contributed by atoms with E-state index in [0.717, 1.165) is 19.3 Å². The summed E-state index contributed by atoms with van der Waals surface area (Å²) in [6.45, 7) is 0. The summed E-state index contributed by atoms with van der Waals surface area (Å²) >= 11 is 0. The summed E-state index contributed by atoms with van der Waals surface area (Å²) in [5, 5.41) is 0. The highest BCUT2D eigenvalue weighted by Gasteiger charge is 2.46. The van der Waals surface area contributed by atoms with Crippen LogP contribution < -0.4 is 0 Å². The van der Waals surface area contributed by atoms with Crippen LogP contribution in [0.3, 0.4) is 0 Å². The first-order valence-electron chi connectivity index (χ1n) is 6.66. The van der Waals surface area contributed by atoms with Crippen LogP contribution in [0.2, 0.25) is 0 Å². The predicted molar refractivity (Wildman–Crippen MR) is 67.5 cm³/mol. The Bertz CT molecular complexity index is 391. The van der Waals surface area contributed by atoms with E-state index in [0.29, 0.717) is 6.04 Å². The zero-order valence-electron chi connectivity index (χ0n) is 10.1. The molecule has 0 N–H and O–H groups in total. The number of hydrogen-bond acceptors (Lipinski definition) is 1. The summed E-state index contributed by atoms with van der Waals surface area (Å²) in [7, 11) is 0. The second-order valence-corrected chi connectivity index (χ2v) is 5.35. The lowest BCUT2D eigenvalue weighted by Crippen LogP contribution is -2.44. The van der Waals surface area contributed by atoms with E-state index >= 15 is 0 Å². The average molecular weight is 229 g/mol. The Hall–Kier alpha value is -1.31. The van der Waals surface area contributed by atoms with E-state index in [4.69, 9.17) is 0 Å². The normalized spacial score (nSPS) is 22.4. The van der Waals surface area contributed by atoms with E-state index in [1.807, 2.05) is 0 Å². The highest BCUT2D eigenvalue weighted by atomic mass is 16.1. The van der Waals surface area contributed by atoms with Crippen LogP contribution in [0.15, 0.2) is 30.3 Å². The van der Waals surface area contributed by atoms with Crippen molar-refractivity contribution < 1.29 is 4.79 Å². The van der Waals surface area contributed by atoms with Gasteiger partial charge in [-0.25, -0.2) is 0 Å². The molecule has 2 saturated carbocycles. The lowest BCUT2D eigenvalue weighted by molar-refractivity contribution is -0.125. The first-order chi connectivity index (χ1) is 8.37. The second-order valence-electron chi connectivity index (χ2n) is 5.35. The third kappa shape index (κ3) is 1.76. The van der Waals surface area contributed by atoms with Crippen molar-refractivity contribution in [2.45, 2.75) is 50.1 Å². The van der Waals surface area contributed by atoms with E-state index in [2.05, 4.69) is 35.2 Å². The summed E-state index contributed by atoms with van der Waals surface area (Å²) in [5.41, 5.74) is 1.33. The molecule has 0 aliphatic heterocycles. The van der Waals surface area contributed by atoms with Gasteiger partial charge in [-0.3, -0.25) is 4.79 Å². The molecule has 2 fully saturated rings. The van der Waals surface area contributed by atoms with Gasteiger partial charge in [0.05, 0.1) is 5.54 Å². The fraction of sp³-hybridized carbons (Fsp3) is 0.533. The van der Waals surface area contributed by atoms with E-state index in [1.165, 1.54) is 31.2 Å². The number of hydrogen-bond donors (Lipinski definition) is 0. The van der Waals surface area contributed by atoms with Gasteiger partial charge in [0.15, 0.2) is 0 Å². The molecule has 2 nitrogen and oxygen atoms in total. The third-order valence-corrected chi connectivity index (χ3v) is 4.29. The molecule has 0 aromatic heterocycles. The van der Waals surface area contributed by atoms with Gasteiger partial charge in [-0.05, 0) is 31.2 Å². The third-order valence-electron chi connectivity index (χ3n) is 4.29. The summed E-state index contributed by atoms with van der Waals surface area (Å²) in [6, 6.07) is 11.1. The Balaban J connectivity index is 2.00. The van der Waals surface area contributed by atoms with Crippen LogP contribution in [0.25, 0.3) is 0 Å². The molecule has 0 unspecified atom stereocenters. The molecular weight excluding hydrogens is 210 g/mol. The van der Waals surface area contributed by atoms with E-state index < -0.39 is 0 Å². The van der Waals surface area contributed by atoms with Crippen molar-refractivity contribution in [1.82, 2.24) is 4.90 Å². The number of nitrogens with zero attached hydrogens (tertiary/aromatic N) is 1. The van der Waals surface area contributed by atoms with E-state index in [-0.39, 0.29) is 5.54 Å². The Labute approximate surface area is 103 Å². The topological polar surface area (TPSA) is 20.3 Å². The molecule has 1 aromatic rings. The molecule has 2 aliphatic rings. The maximum absolute atomic E-state index is 11.5. The van der Waals surface area contributed by atoms with Crippen molar-refractivity contribution >= 4 is 6.41 Å². The maximum atomic E-state index is 11.5. The monoisotopic (exact) mass is 229 g/mol. The Morgan fingerprint density at radius 1 is 1.12 bits per heavy atom. The molecule has 90 valence electrons. The van der Waals surface area contributed by atoms with Gasteiger partial charge in [-0.2, -0.15) is 0 Å². The molecule has 17 heavy (non-hydrogen) atoms. The number of carbonyl (C=O) groups excluding carboxylic acids is 1. The van der Waals surface area contributed by atoms with Crippen LogP contribution in [-0.4, -0.2) is 17.4 Å². The zero-order chi connectivity index (χ0) is 11.7. The molecule has 2 aliphatic carbocycles. The van der Waals surface area contributed by atoms with Crippen molar-refractivity contribution in [3.8, 4) is 0 Å². The van der Waals surface area contributed by atoms with Gasteiger partial charge in [-0.15, -0.1) is 0 Å². The molecule has 0 radical (unpaired) electrons. The van der Waals surface area contributed by atoms with Gasteiger partial charge in [0.1, 0.15) is 0 Å². The molecule has 2 heteroatoms. The molecule has 0 spiro atoms. The number of amides is 1. The lowest BCUT2D eigenvalue weighted by Gasteiger charge is -2.40. The summed E-state index contributed by atoms with van der Waals surface area (Å²) < 4.78 is 0. The SMILES string of the molecule is O=CN(C1CC1)C1(c2ccccc2)CCCC1. The van der Waals surface area contributed by atoms with Gasteiger partial charge in [0, 0.05) is 6.04 Å². The Kier molecular flexibility index (Phi) is 2.65. The number of carbonyl (C=O) groups is 1. The minimum atomic E-state index is 0.00414.